The SMILES string of the molecule is CC1=NC2=C(CCC=C(/C3=C/C(=O)N4C=C(C5CCN(CCO)CC5)N=CC4=CCC3C)C=C2Cl)CC1. The number of allylic oxidation sites excluding steroid dienone is 9. The molecule has 1 aliphatic carbocycles. The van der Waals surface area contributed by atoms with Crippen LogP contribution in [0.25, 0.3) is 0 Å². The Morgan fingerprint density at radius 2 is 1.95 bits per heavy atom. The van der Waals surface area contributed by atoms with Crippen molar-refractivity contribution in [3.8, 4) is 0 Å². The highest BCUT2D eigenvalue weighted by atomic mass is 35.5. The lowest BCUT2D eigenvalue weighted by molar-refractivity contribution is -0.122. The van der Waals surface area contributed by atoms with Gasteiger partial charge in [0.05, 0.1) is 34.9 Å². The molecule has 0 bridgehead atoms. The van der Waals surface area contributed by atoms with Gasteiger partial charge in [0.2, 0.25) is 0 Å². The topological polar surface area (TPSA) is 68.5 Å². The van der Waals surface area contributed by atoms with Crippen LogP contribution in [0.5, 0.6) is 0 Å². The largest absolute Gasteiger partial charge is 0.395 e. The summed E-state index contributed by atoms with van der Waals surface area (Å²) in [5, 5.41) is 9.89. The molecule has 4 aliphatic heterocycles. The Morgan fingerprint density at radius 1 is 1.14 bits per heavy atom. The smallest absolute Gasteiger partial charge is 0.255 e. The molecule has 4 heterocycles. The van der Waals surface area contributed by atoms with Gasteiger partial charge in [-0.3, -0.25) is 19.7 Å². The van der Waals surface area contributed by atoms with Crippen LogP contribution < -0.4 is 0 Å². The highest BCUT2D eigenvalue weighted by Gasteiger charge is 2.28. The molecule has 0 radical (unpaired) electrons. The number of piperidine rings is 1. The summed E-state index contributed by atoms with van der Waals surface area (Å²) in [4.78, 5) is 27.2. The van der Waals surface area contributed by atoms with Gasteiger partial charge >= 0.3 is 0 Å². The van der Waals surface area contributed by atoms with Gasteiger partial charge in [0.1, 0.15) is 0 Å². The molecule has 1 amide bonds. The molecule has 6 nitrogen and oxygen atoms in total. The van der Waals surface area contributed by atoms with E-state index in [1.165, 1.54) is 5.57 Å². The van der Waals surface area contributed by atoms with Gasteiger partial charge in [0.15, 0.2) is 0 Å². The number of aliphatic hydroxyl groups excluding tert-OH is 1. The molecule has 0 aromatic heterocycles. The van der Waals surface area contributed by atoms with Gasteiger partial charge in [-0.25, -0.2) is 0 Å². The normalized spacial score (nSPS) is 27.3. The summed E-state index contributed by atoms with van der Waals surface area (Å²) in [6, 6.07) is 0. The summed E-state index contributed by atoms with van der Waals surface area (Å²) in [6.07, 6.45) is 18.6. The molecule has 0 spiro atoms. The van der Waals surface area contributed by atoms with Gasteiger partial charge in [0.25, 0.3) is 5.91 Å². The zero-order valence-electron chi connectivity index (χ0n) is 21.9. The minimum absolute atomic E-state index is 0.0481. The number of carbonyl (C=O) groups excluding carboxylic acids is 1. The molecule has 5 rings (SSSR count). The van der Waals surface area contributed by atoms with Crippen molar-refractivity contribution in [2.24, 2.45) is 21.8 Å². The Morgan fingerprint density at radius 3 is 2.73 bits per heavy atom. The molecule has 0 saturated carbocycles. The molecular weight excluding hydrogens is 484 g/mol. The average molecular weight is 521 g/mol. The third-order valence-electron chi connectivity index (χ3n) is 8.11. The van der Waals surface area contributed by atoms with Gasteiger partial charge < -0.3 is 10.0 Å². The van der Waals surface area contributed by atoms with Gasteiger partial charge in [-0.15, -0.1) is 0 Å². The Hall–Kier alpha value is -2.54. The molecule has 7 heteroatoms. The maximum absolute atomic E-state index is 13.6. The number of aliphatic hydroxyl groups is 1. The van der Waals surface area contributed by atoms with Crippen molar-refractivity contribution in [1.29, 1.82) is 0 Å². The number of fused-ring (bicyclic) bond motifs is 1. The number of hydrogen-bond acceptors (Lipinski definition) is 5. The van der Waals surface area contributed by atoms with E-state index in [1.807, 2.05) is 18.5 Å². The lowest BCUT2D eigenvalue weighted by Crippen LogP contribution is -2.37. The van der Waals surface area contributed by atoms with Gasteiger partial charge in [0, 0.05) is 30.5 Å². The van der Waals surface area contributed by atoms with Crippen molar-refractivity contribution < 1.29 is 9.90 Å². The predicted molar refractivity (Wildman–Crippen MR) is 150 cm³/mol. The quantitative estimate of drug-likeness (QED) is 0.521. The third kappa shape index (κ3) is 5.82. The van der Waals surface area contributed by atoms with Crippen LogP contribution in [0.2, 0.25) is 0 Å². The molecule has 1 fully saturated rings. The van der Waals surface area contributed by atoms with E-state index in [9.17, 15) is 9.90 Å². The van der Waals surface area contributed by atoms with Gasteiger partial charge in [-0.2, -0.15) is 0 Å². The van der Waals surface area contributed by atoms with Crippen LogP contribution in [-0.2, 0) is 4.79 Å². The number of aliphatic imine (C=N–C) groups is 2. The number of amides is 1. The fourth-order valence-corrected chi connectivity index (χ4v) is 6.13. The first-order chi connectivity index (χ1) is 17.9. The summed E-state index contributed by atoms with van der Waals surface area (Å²) in [5.41, 5.74) is 7.24. The molecule has 1 unspecified atom stereocenters. The second kappa shape index (κ2) is 11.5. The molecular formula is C30H37ClN4O2. The van der Waals surface area contributed by atoms with Crippen LogP contribution in [0.3, 0.4) is 0 Å². The standard InChI is InChI=1S/C30H37ClN4O2/c1-20-6-9-25-18-32-28(22-10-12-34(13-11-22)14-15-36)19-35(25)29(37)17-26(20)24-5-3-4-23-8-7-21(2)33-30(23)27(31)16-24/h5,9,16-20,22,36H,3-4,6-8,10-15H2,1-2H3/b24-5?,25-9?,26-17+,27-16?. The number of likely N-dealkylation sites (tertiary alicyclic amines) is 1. The zero-order chi connectivity index (χ0) is 25.9. The summed E-state index contributed by atoms with van der Waals surface area (Å²) < 4.78 is 0. The second-order valence-electron chi connectivity index (χ2n) is 10.7. The van der Waals surface area contributed by atoms with Crippen LogP contribution in [0, 0.1) is 11.8 Å². The van der Waals surface area contributed by atoms with Crippen LogP contribution in [0.1, 0.15) is 58.8 Å². The molecule has 5 aliphatic rings. The third-order valence-corrected chi connectivity index (χ3v) is 8.40. The van der Waals surface area contributed by atoms with E-state index in [-0.39, 0.29) is 18.4 Å². The first kappa shape index (κ1) is 26.1. The minimum Gasteiger partial charge on any atom is -0.395 e. The lowest BCUT2D eigenvalue weighted by atomic mass is 9.86. The molecule has 0 aromatic carbocycles. The maximum Gasteiger partial charge on any atom is 0.255 e. The average Bonchev–Trinajstić information content (AvgIpc) is 2.89. The van der Waals surface area contributed by atoms with E-state index in [2.05, 4.69) is 30.9 Å². The summed E-state index contributed by atoms with van der Waals surface area (Å²) in [7, 11) is 0. The Bertz CT molecular complexity index is 1190. The summed E-state index contributed by atoms with van der Waals surface area (Å²) in [6.45, 7) is 7.03. The molecule has 196 valence electrons. The van der Waals surface area contributed by atoms with Crippen molar-refractivity contribution in [3.63, 3.8) is 0 Å². The molecule has 1 atom stereocenters. The van der Waals surface area contributed by atoms with Crippen molar-refractivity contribution >= 4 is 29.4 Å². The van der Waals surface area contributed by atoms with Crippen molar-refractivity contribution in [2.45, 2.75) is 58.8 Å². The van der Waals surface area contributed by atoms with E-state index >= 15 is 0 Å². The lowest BCUT2D eigenvalue weighted by Gasteiger charge is -2.34. The monoisotopic (exact) mass is 520 g/mol. The highest BCUT2D eigenvalue weighted by Crippen LogP contribution is 2.37. The van der Waals surface area contributed by atoms with E-state index in [0.29, 0.717) is 11.0 Å². The van der Waals surface area contributed by atoms with E-state index in [4.69, 9.17) is 21.6 Å². The van der Waals surface area contributed by atoms with Crippen LogP contribution in [-0.4, -0.2) is 59.0 Å². The van der Waals surface area contributed by atoms with Crippen LogP contribution >= 0.6 is 11.6 Å². The fourth-order valence-electron chi connectivity index (χ4n) is 5.84. The van der Waals surface area contributed by atoms with Crippen molar-refractivity contribution in [3.05, 3.63) is 69.3 Å². The zero-order valence-corrected chi connectivity index (χ0v) is 22.7. The van der Waals surface area contributed by atoms with Crippen molar-refractivity contribution in [2.75, 3.05) is 26.2 Å². The minimum atomic E-state index is -0.0481. The van der Waals surface area contributed by atoms with Crippen LogP contribution in [0.4, 0.5) is 0 Å². The molecule has 0 aromatic rings. The second-order valence-corrected chi connectivity index (χ2v) is 11.1. The maximum atomic E-state index is 13.6. The van der Waals surface area contributed by atoms with E-state index < -0.39 is 0 Å². The molecule has 1 N–H and O–H groups in total. The number of hydrogen-bond donors (Lipinski definition) is 1. The highest BCUT2D eigenvalue weighted by molar-refractivity contribution is 6.32. The fraction of sp³-hybridized carbons (Fsp3) is 0.500. The summed E-state index contributed by atoms with van der Waals surface area (Å²) in [5.74, 6) is 0.447. The number of nitrogens with zero attached hydrogens (tertiary/aromatic N) is 4. The van der Waals surface area contributed by atoms with E-state index in [0.717, 1.165) is 98.5 Å². The Balaban J connectivity index is 1.39. The Kier molecular flexibility index (Phi) is 8.08. The first-order valence-corrected chi connectivity index (χ1v) is 14.0. The molecule has 1 saturated heterocycles. The van der Waals surface area contributed by atoms with Crippen LogP contribution in [0.15, 0.2) is 79.3 Å². The number of rotatable bonds is 4. The molecule has 37 heavy (non-hydrogen) atoms. The predicted octanol–water partition coefficient (Wildman–Crippen LogP) is 5.65. The Labute approximate surface area is 225 Å². The number of β-amino-alcohol motifs (C(OH)–C–C–N with tert-alkyl or cyclic N) is 1. The summed E-state index contributed by atoms with van der Waals surface area (Å²) >= 11 is 6.83. The van der Waals surface area contributed by atoms with Gasteiger partial charge in [-0.1, -0.05) is 30.7 Å². The first-order valence-electron chi connectivity index (χ1n) is 13.6. The van der Waals surface area contributed by atoms with E-state index in [1.54, 1.807) is 11.0 Å². The van der Waals surface area contributed by atoms with Crippen molar-refractivity contribution in [1.82, 2.24) is 9.80 Å². The number of carbonyl (C=O) groups is 1. The van der Waals surface area contributed by atoms with Gasteiger partial charge in [-0.05, 0) is 93.7 Å². The number of halogens is 1.